The Morgan fingerprint density at radius 3 is 2.30 bits per heavy atom. The van der Waals surface area contributed by atoms with E-state index in [1.165, 1.54) is 19.2 Å². The second-order valence-electron chi connectivity index (χ2n) is 7.03. The van der Waals surface area contributed by atoms with Crippen LogP contribution in [0, 0.1) is 0 Å². The van der Waals surface area contributed by atoms with Crippen LogP contribution < -0.4 is 0 Å². The molecule has 1 amide bonds. The summed E-state index contributed by atoms with van der Waals surface area (Å²) in [5.41, 5.74) is -0.764. The van der Waals surface area contributed by atoms with Gasteiger partial charge in [0, 0.05) is 10.9 Å². The SMILES string of the molecule is COC(=O)[C@@H]1C[C@@H](OS(=O)(=O)c2ccc(Br)cc2)CN1C(=O)OC(C)(C)C. The highest BCUT2D eigenvalue weighted by atomic mass is 79.9. The van der Waals surface area contributed by atoms with Crippen molar-refractivity contribution < 1.29 is 31.7 Å². The summed E-state index contributed by atoms with van der Waals surface area (Å²) in [6.07, 6.45) is -1.64. The van der Waals surface area contributed by atoms with Crippen molar-refractivity contribution in [1.82, 2.24) is 4.90 Å². The highest BCUT2D eigenvalue weighted by Gasteiger charge is 2.44. The van der Waals surface area contributed by atoms with Gasteiger partial charge < -0.3 is 9.47 Å². The quantitative estimate of drug-likeness (QED) is 0.499. The summed E-state index contributed by atoms with van der Waals surface area (Å²) in [4.78, 5) is 25.5. The molecule has 10 heteroatoms. The Labute approximate surface area is 167 Å². The van der Waals surface area contributed by atoms with Gasteiger partial charge in [-0.25, -0.2) is 9.59 Å². The van der Waals surface area contributed by atoms with Crippen LogP contribution in [-0.2, 0) is 28.6 Å². The van der Waals surface area contributed by atoms with Gasteiger partial charge in [0.15, 0.2) is 0 Å². The van der Waals surface area contributed by atoms with E-state index in [1.54, 1.807) is 32.9 Å². The Morgan fingerprint density at radius 1 is 1.19 bits per heavy atom. The van der Waals surface area contributed by atoms with Crippen molar-refractivity contribution in [2.24, 2.45) is 0 Å². The minimum Gasteiger partial charge on any atom is -0.467 e. The number of ether oxygens (including phenoxy) is 2. The Morgan fingerprint density at radius 2 is 1.78 bits per heavy atom. The maximum atomic E-state index is 12.5. The fraction of sp³-hybridized carbons (Fsp3) is 0.529. The number of halogens is 1. The predicted molar refractivity (Wildman–Crippen MR) is 99.6 cm³/mol. The first-order valence-electron chi connectivity index (χ1n) is 8.19. The van der Waals surface area contributed by atoms with Crippen molar-refractivity contribution in [3.63, 3.8) is 0 Å². The number of nitrogens with zero attached hydrogens (tertiary/aromatic N) is 1. The van der Waals surface area contributed by atoms with Gasteiger partial charge >= 0.3 is 12.1 Å². The molecule has 2 atom stereocenters. The number of amides is 1. The van der Waals surface area contributed by atoms with Gasteiger partial charge in [-0.15, -0.1) is 0 Å². The Bertz CT molecular complexity index is 802. The summed E-state index contributed by atoms with van der Waals surface area (Å²) < 4.78 is 40.9. The zero-order valence-corrected chi connectivity index (χ0v) is 17.9. The van der Waals surface area contributed by atoms with E-state index in [2.05, 4.69) is 15.9 Å². The van der Waals surface area contributed by atoms with E-state index in [1.807, 2.05) is 0 Å². The molecule has 0 N–H and O–H groups in total. The number of hydrogen-bond donors (Lipinski definition) is 0. The number of carbonyl (C=O) groups excluding carboxylic acids is 2. The zero-order chi connectivity index (χ0) is 20.4. The molecule has 27 heavy (non-hydrogen) atoms. The molecule has 0 bridgehead atoms. The summed E-state index contributed by atoms with van der Waals surface area (Å²) in [6, 6.07) is 4.98. The molecule has 1 aliphatic rings. The van der Waals surface area contributed by atoms with E-state index in [9.17, 15) is 18.0 Å². The van der Waals surface area contributed by atoms with Gasteiger partial charge in [0.25, 0.3) is 10.1 Å². The van der Waals surface area contributed by atoms with Gasteiger partial charge in [0.2, 0.25) is 0 Å². The highest BCUT2D eigenvalue weighted by molar-refractivity contribution is 9.10. The molecule has 0 unspecified atom stereocenters. The fourth-order valence-corrected chi connectivity index (χ4v) is 3.93. The van der Waals surface area contributed by atoms with Gasteiger partial charge in [-0.2, -0.15) is 8.42 Å². The van der Waals surface area contributed by atoms with Crippen molar-refractivity contribution in [3.05, 3.63) is 28.7 Å². The van der Waals surface area contributed by atoms with Crippen molar-refractivity contribution >= 4 is 38.1 Å². The van der Waals surface area contributed by atoms with E-state index in [-0.39, 0.29) is 17.9 Å². The second-order valence-corrected chi connectivity index (χ2v) is 9.52. The van der Waals surface area contributed by atoms with Gasteiger partial charge in [0.05, 0.1) is 24.7 Å². The summed E-state index contributed by atoms with van der Waals surface area (Å²) in [5, 5.41) is 0. The van der Waals surface area contributed by atoms with Crippen molar-refractivity contribution in [2.75, 3.05) is 13.7 Å². The third kappa shape index (κ3) is 5.66. The molecule has 8 nitrogen and oxygen atoms in total. The zero-order valence-electron chi connectivity index (χ0n) is 15.5. The molecule has 0 spiro atoms. The standard InChI is InChI=1S/C17H22BrNO7S/c1-17(2,3)25-16(21)19-10-12(9-14(19)15(20)24-4)26-27(22,23)13-7-5-11(18)6-8-13/h5-8,12,14H,9-10H2,1-4H3/t12-,14+/m1/s1. The third-order valence-electron chi connectivity index (χ3n) is 3.73. The lowest BCUT2D eigenvalue weighted by Gasteiger charge is -2.27. The lowest BCUT2D eigenvalue weighted by molar-refractivity contribution is -0.145. The monoisotopic (exact) mass is 463 g/mol. The Hall–Kier alpha value is -1.65. The van der Waals surface area contributed by atoms with E-state index in [0.717, 1.165) is 9.37 Å². The summed E-state index contributed by atoms with van der Waals surface area (Å²) >= 11 is 3.23. The molecule has 1 saturated heterocycles. The van der Waals surface area contributed by atoms with Crippen LogP contribution in [0.25, 0.3) is 0 Å². The van der Waals surface area contributed by atoms with Crippen LogP contribution in [0.3, 0.4) is 0 Å². The molecule has 0 aromatic heterocycles. The second kappa shape index (κ2) is 8.15. The normalized spacial score (nSPS) is 20.4. The first-order chi connectivity index (χ1) is 12.4. The molecule has 1 heterocycles. The number of rotatable bonds is 4. The number of esters is 1. The molecule has 1 fully saturated rings. The minimum atomic E-state index is -4.05. The molecule has 1 aromatic rings. The van der Waals surface area contributed by atoms with Crippen LogP contribution in [0.15, 0.2) is 33.6 Å². The van der Waals surface area contributed by atoms with Gasteiger partial charge in [0.1, 0.15) is 11.6 Å². The van der Waals surface area contributed by atoms with Crippen molar-refractivity contribution in [2.45, 2.75) is 49.8 Å². The lowest BCUT2D eigenvalue weighted by atomic mass is 10.2. The van der Waals surface area contributed by atoms with Crippen LogP contribution in [0.4, 0.5) is 4.79 Å². The maximum absolute atomic E-state index is 12.5. The average molecular weight is 464 g/mol. The van der Waals surface area contributed by atoms with Crippen LogP contribution >= 0.6 is 15.9 Å². The molecular formula is C17H22BrNO7S. The van der Waals surface area contributed by atoms with Crippen molar-refractivity contribution in [1.29, 1.82) is 0 Å². The minimum absolute atomic E-state index is 0.0122. The first kappa shape index (κ1) is 21.6. The Balaban J connectivity index is 2.18. The number of benzene rings is 1. The summed E-state index contributed by atoms with van der Waals surface area (Å²) in [6.45, 7) is 4.98. The molecule has 0 aliphatic carbocycles. The van der Waals surface area contributed by atoms with E-state index >= 15 is 0 Å². The highest BCUT2D eigenvalue weighted by Crippen LogP contribution is 2.27. The van der Waals surface area contributed by atoms with Gasteiger partial charge in [-0.1, -0.05) is 15.9 Å². The molecule has 2 rings (SSSR count). The fourth-order valence-electron chi connectivity index (χ4n) is 2.58. The van der Waals surface area contributed by atoms with Crippen molar-refractivity contribution in [3.8, 4) is 0 Å². The van der Waals surface area contributed by atoms with Crippen LogP contribution in [-0.4, -0.2) is 56.8 Å². The third-order valence-corrected chi connectivity index (χ3v) is 5.63. The lowest BCUT2D eigenvalue weighted by Crippen LogP contribution is -2.44. The number of methoxy groups -OCH3 is 1. The maximum Gasteiger partial charge on any atom is 0.411 e. The van der Waals surface area contributed by atoms with Crippen LogP contribution in [0.5, 0.6) is 0 Å². The smallest absolute Gasteiger partial charge is 0.411 e. The van der Waals surface area contributed by atoms with E-state index < -0.39 is 39.9 Å². The number of carbonyl (C=O) groups is 2. The number of likely N-dealkylation sites (tertiary alicyclic amines) is 1. The van der Waals surface area contributed by atoms with E-state index in [0.29, 0.717) is 0 Å². The first-order valence-corrected chi connectivity index (χ1v) is 10.4. The summed E-state index contributed by atoms with van der Waals surface area (Å²) in [7, 11) is -2.86. The molecule has 0 saturated carbocycles. The van der Waals surface area contributed by atoms with Crippen LogP contribution in [0.1, 0.15) is 27.2 Å². The molecule has 1 aromatic carbocycles. The van der Waals surface area contributed by atoms with Gasteiger partial charge in [-0.3, -0.25) is 9.08 Å². The molecular weight excluding hydrogens is 442 g/mol. The average Bonchev–Trinajstić information content (AvgIpc) is 2.96. The molecule has 150 valence electrons. The van der Waals surface area contributed by atoms with Gasteiger partial charge in [-0.05, 0) is 45.0 Å². The molecule has 0 radical (unpaired) electrons. The van der Waals surface area contributed by atoms with E-state index in [4.69, 9.17) is 13.7 Å². The topological polar surface area (TPSA) is 99.2 Å². The molecule has 1 aliphatic heterocycles. The largest absolute Gasteiger partial charge is 0.467 e. The Kier molecular flexibility index (Phi) is 6.54. The summed E-state index contributed by atoms with van der Waals surface area (Å²) in [5.74, 6) is -0.659. The van der Waals surface area contributed by atoms with Crippen LogP contribution in [0.2, 0.25) is 0 Å². The predicted octanol–water partition coefficient (Wildman–Crippen LogP) is 2.71. The number of hydrogen-bond acceptors (Lipinski definition) is 7.